The number of carbonyl (C=O) groups is 7. The molecule has 3 fully saturated rings. The van der Waals surface area contributed by atoms with Gasteiger partial charge >= 0.3 is 0 Å². The van der Waals surface area contributed by atoms with Gasteiger partial charge in [-0.3, -0.25) is 33.6 Å². The van der Waals surface area contributed by atoms with E-state index in [9.17, 15) is 79.5 Å². The zero-order valence-electron chi connectivity index (χ0n) is 62.4. The molecule has 39 nitrogen and oxygen atoms in total. The van der Waals surface area contributed by atoms with Crippen molar-refractivity contribution in [1.82, 2.24) is 37.2 Å². The van der Waals surface area contributed by atoms with Crippen LogP contribution in [0.4, 0.5) is 0 Å². The summed E-state index contributed by atoms with van der Waals surface area (Å²) in [5, 5.41) is 109. The number of nitrogens with one attached hydrogen (secondary N) is 7. The summed E-state index contributed by atoms with van der Waals surface area (Å²) >= 11 is 0. The predicted molar refractivity (Wildman–Crippen MR) is 375 cm³/mol. The number of unbranched alkanes of at least 4 members (excludes halogenated alkanes) is 9. The zero-order chi connectivity index (χ0) is 78.4. The first kappa shape index (κ1) is 96.5. The van der Waals surface area contributed by atoms with E-state index in [1.54, 1.807) is 0 Å². The monoisotopic (exact) mass is 1550 g/mol. The SMILES string of the molecule is CCCCCCCCCCNC(=O)C(CCCCNC(=O)COCCOCCOCCO[C@@H]1O[C@H](CO)[C@H](O)[C@H](O)[C@H]1NC(C)=O)NC(=O)C(CCCCNC(=O)COCCOCCOCCO[C@@H]1O[C@H](CO)[C@H](O)[C@H](O)[C@H]1N)NC(=O)COCCOCCOCCO[C@@H]1O[C@H](CO)[C@H](O)[C@H](O)[C@H]1NC(C)=O. The number of aliphatic hydroxyl groups excluding tert-OH is 9. The second-order valence-electron chi connectivity index (χ2n) is 25.7. The molecule has 0 aromatic carbocycles. The molecule has 0 aromatic heterocycles. The van der Waals surface area contributed by atoms with Crippen LogP contribution in [0, 0.1) is 0 Å². The highest BCUT2D eigenvalue weighted by molar-refractivity contribution is 5.92. The second kappa shape index (κ2) is 60.0. The molecule has 624 valence electrons. The van der Waals surface area contributed by atoms with Gasteiger partial charge in [0.15, 0.2) is 18.9 Å². The zero-order valence-corrected chi connectivity index (χ0v) is 62.4. The molecule has 0 saturated carbocycles. The molecular formula is C68H126N8O31. The Hall–Kier alpha value is -4.71. The fourth-order valence-corrected chi connectivity index (χ4v) is 11.1. The number of rotatable bonds is 64. The summed E-state index contributed by atoms with van der Waals surface area (Å²) in [6.07, 6.45) is -4.84. The summed E-state index contributed by atoms with van der Waals surface area (Å²) in [5.74, 6) is -3.41. The molecule has 0 aliphatic carbocycles. The molecule has 3 aliphatic rings. The second-order valence-corrected chi connectivity index (χ2v) is 25.7. The van der Waals surface area contributed by atoms with E-state index in [2.05, 4.69) is 44.1 Å². The molecule has 3 rings (SSSR count). The van der Waals surface area contributed by atoms with E-state index in [-0.39, 0.29) is 164 Å². The van der Waals surface area contributed by atoms with Crippen LogP contribution in [-0.4, -0.2) is 370 Å². The van der Waals surface area contributed by atoms with Crippen molar-refractivity contribution < 1.29 is 151 Å². The molecule has 3 aliphatic heterocycles. The topological polar surface area (TPSA) is 550 Å². The Balaban J connectivity index is 1.46. The van der Waals surface area contributed by atoms with E-state index in [1.165, 1.54) is 26.7 Å². The van der Waals surface area contributed by atoms with Crippen molar-refractivity contribution in [2.24, 2.45) is 5.73 Å². The quantitative estimate of drug-likeness (QED) is 0.0252. The minimum absolute atomic E-state index is 0.00442. The maximum atomic E-state index is 14.2. The molecular weight excluding hydrogens is 1420 g/mol. The first-order valence-electron chi connectivity index (χ1n) is 37.3. The minimum atomic E-state index is -1.46. The van der Waals surface area contributed by atoms with Crippen LogP contribution in [-0.2, 0) is 105 Å². The lowest BCUT2D eigenvalue weighted by Gasteiger charge is -2.42. The summed E-state index contributed by atoms with van der Waals surface area (Å²) in [6.45, 7) is 4.75. The van der Waals surface area contributed by atoms with Crippen LogP contribution < -0.4 is 43.0 Å². The van der Waals surface area contributed by atoms with Gasteiger partial charge in [-0.25, -0.2) is 0 Å². The Morgan fingerprint density at radius 2 is 0.682 bits per heavy atom. The Labute approximate surface area is 625 Å². The number of hydrogen-bond acceptors (Lipinski definition) is 32. The van der Waals surface area contributed by atoms with Crippen LogP contribution in [0.5, 0.6) is 0 Å². The third-order valence-electron chi connectivity index (χ3n) is 17.0. The van der Waals surface area contributed by atoms with E-state index >= 15 is 0 Å². The normalized spacial score (nSPS) is 25.0. The van der Waals surface area contributed by atoms with Gasteiger partial charge in [0.25, 0.3) is 0 Å². The maximum absolute atomic E-state index is 14.2. The molecule has 39 heteroatoms. The van der Waals surface area contributed by atoms with Crippen molar-refractivity contribution in [3.63, 3.8) is 0 Å². The lowest BCUT2D eigenvalue weighted by Crippen LogP contribution is -2.64. The third kappa shape index (κ3) is 41.9. The first-order chi connectivity index (χ1) is 51.7. The highest BCUT2D eigenvalue weighted by atomic mass is 16.7. The summed E-state index contributed by atoms with van der Waals surface area (Å²) in [7, 11) is 0. The number of hydrogen-bond donors (Lipinski definition) is 17. The van der Waals surface area contributed by atoms with Crippen molar-refractivity contribution in [3.8, 4) is 0 Å². The van der Waals surface area contributed by atoms with Gasteiger partial charge in [-0.15, -0.1) is 0 Å². The van der Waals surface area contributed by atoms with Crippen molar-refractivity contribution in [2.45, 2.75) is 215 Å². The molecule has 7 amide bonds. The smallest absolute Gasteiger partial charge is 0.246 e. The fraction of sp³-hybridized carbons (Fsp3) is 0.897. The van der Waals surface area contributed by atoms with Gasteiger partial charge in [0.1, 0.15) is 98.9 Å². The van der Waals surface area contributed by atoms with Crippen LogP contribution in [0.3, 0.4) is 0 Å². The van der Waals surface area contributed by atoms with Crippen LogP contribution in [0.2, 0.25) is 0 Å². The Morgan fingerprint density at radius 3 is 1.07 bits per heavy atom. The van der Waals surface area contributed by atoms with Gasteiger partial charge in [-0.2, -0.15) is 0 Å². The van der Waals surface area contributed by atoms with Crippen molar-refractivity contribution in [3.05, 3.63) is 0 Å². The standard InChI is InChI=1S/C68H126N8O31/c1-4-5-6-7-8-9-10-13-20-72-64(91)47(16-11-14-18-70-52(82)42-99-31-28-94-22-25-97-34-37-103-67-56(73-45(2)80)62(89)59(86)50(40-78)106-67)76-65(92)48(75-54(84)44-101-32-29-95-23-26-98-35-38-104-68-57(74-46(3)81)63(90)60(87)51(41-79)107-68)17-12-15-19-71-53(83)43-100-30-27-93-21-24-96-33-36-102-66-55(69)61(88)58(85)49(39-77)105-66/h47-51,55-63,66-68,77-79,85-90H,4-44,69H2,1-3H3,(H,70,82)(H,71,83)(H,72,91)(H,73,80)(H,74,81)(H,75,84)(H,76,92)/t47?,48?,49-,50-,51-,55-,56-,57-,58+,59+,60+,61-,62-,63-,66-,67-,68-/m1/s1. The van der Waals surface area contributed by atoms with Gasteiger partial charge in [0, 0.05) is 33.5 Å². The molecule has 0 radical (unpaired) electrons. The highest BCUT2D eigenvalue weighted by Gasteiger charge is 2.47. The van der Waals surface area contributed by atoms with Crippen LogP contribution in [0.25, 0.3) is 0 Å². The Kier molecular flexibility index (Phi) is 54.1. The van der Waals surface area contributed by atoms with Crippen LogP contribution >= 0.6 is 0 Å². The van der Waals surface area contributed by atoms with Crippen molar-refractivity contribution in [2.75, 3.05) is 178 Å². The Bertz CT molecular complexity index is 2370. The largest absolute Gasteiger partial charge is 0.394 e. The van der Waals surface area contributed by atoms with Gasteiger partial charge in [-0.05, 0) is 44.9 Å². The number of ether oxygens (including phenoxy) is 15. The van der Waals surface area contributed by atoms with E-state index in [4.69, 9.17) is 76.8 Å². The lowest BCUT2D eigenvalue weighted by molar-refractivity contribution is -0.272. The molecule has 0 aromatic rings. The fourth-order valence-electron chi connectivity index (χ4n) is 11.1. The van der Waals surface area contributed by atoms with Gasteiger partial charge in [0.2, 0.25) is 41.4 Å². The Morgan fingerprint density at radius 1 is 0.364 bits per heavy atom. The van der Waals surface area contributed by atoms with Gasteiger partial charge in [-0.1, -0.05) is 51.9 Å². The van der Waals surface area contributed by atoms with E-state index < -0.39 is 166 Å². The van der Waals surface area contributed by atoms with Crippen molar-refractivity contribution >= 4 is 41.4 Å². The van der Waals surface area contributed by atoms with Gasteiger partial charge < -0.3 is 160 Å². The van der Waals surface area contributed by atoms with Gasteiger partial charge in [0.05, 0.1) is 145 Å². The van der Waals surface area contributed by atoms with Crippen molar-refractivity contribution in [1.29, 1.82) is 0 Å². The average Bonchev–Trinajstić information content (AvgIpc) is 0.800. The first-order valence-corrected chi connectivity index (χ1v) is 37.3. The summed E-state index contributed by atoms with van der Waals surface area (Å²) in [4.78, 5) is 90.2. The maximum Gasteiger partial charge on any atom is 0.246 e. The molecule has 17 atom stereocenters. The van der Waals surface area contributed by atoms with Crippen LogP contribution in [0.15, 0.2) is 0 Å². The van der Waals surface area contributed by atoms with E-state index in [0.717, 1.165) is 38.5 Å². The highest BCUT2D eigenvalue weighted by Crippen LogP contribution is 2.25. The molecule has 3 heterocycles. The average molecular weight is 1550 g/mol. The molecule has 107 heavy (non-hydrogen) atoms. The molecule has 2 unspecified atom stereocenters. The minimum Gasteiger partial charge on any atom is -0.394 e. The van der Waals surface area contributed by atoms with Crippen LogP contribution in [0.1, 0.15) is 111 Å². The molecule has 3 saturated heterocycles. The third-order valence-corrected chi connectivity index (χ3v) is 17.0. The summed E-state index contributed by atoms with van der Waals surface area (Å²) in [5.41, 5.74) is 5.88. The summed E-state index contributed by atoms with van der Waals surface area (Å²) in [6, 6.07) is -5.35. The summed E-state index contributed by atoms with van der Waals surface area (Å²) < 4.78 is 82.8. The number of aliphatic hydroxyl groups is 9. The number of amides is 7. The predicted octanol–water partition coefficient (Wildman–Crippen LogP) is -6.36. The molecule has 18 N–H and O–H groups in total. The number of nitrogens with two attached hydrogens (primary N) is 1. The molecule has 0 bridgehead atoms. The number of carbonyl (C=O) groups excluding carboxylic acids is 7. The lowest BCUT2D eigenvalue weighted by atomic mass is 9.97. The van der Waals surface area contributed by atoms with E-state index in [1.807, 2.05) is 0 Å². The van der Waals surface area contributed by atoms with E-state index in [0.29, 0.717) is 32.2 Å². The molecule has 0 spiro atoms.